The molecule has 0 atom stereocenters. The molecule has 0 spiro atoms. The van der Waals surface area contributed by atoms with E-state index in [0.717, 1.165) is 16.1 Å². The Hall–Kier alpha value is -3.41. The maximum Gasteiger partial charge on any atom is 0.264 e. The molecule has 9 nitrogen and oxygen atoms in total. The van der Waals surface area contributed by atoms with E-state index >= 15 is 0 Å². The number of carbonyl (C=O) groups excluding carboxylic acids is 2. The number of nitrogens with zero attached hydrogens (tertiary/aromatic N) is 1. The number of hydrogen-bond acceptors (Lipinski definition) is 6. The molecule has 37 heavy (non-hydrogen) atoms. The molecule has 2 N–H and O–H groups in total. The monoisotopic (exact) mass is 563 g/mol. The van der Waals surface area contributed by atoms with Crippen molar-refractivity contribution in [3.8, 4) is 0 Å². The molecule has 0 aliphatic carbocycles. The number of benzene rings is 3. The van der Waals surface area contributed by atoms with Gasteiger partial charge in [-0.3, -0.25) is 13.9 Å². The van der Waals surface area contributed by atoms with Crippen LogP contribution >= 0.6 is 11.6 Å². The van der Waals surface area contributed by atoms with Crippen molar-refractivity contribution in [3.05, 3.63) is 94.0 Å². The van der Waals surface area contributed by atoms with Gasteiger partial charge in [0.05, 0.1) is 16.8 Å². The SMILES string of the molecule is Cc1ccc(S(=O)(=O)N(CC(=O)NCc2cccc(C(=O)NS(C)(=O)=O)c2)c2cccc(Cl)c2C)cc1. The van der Waals surface area contributed by atoms with Gasteiger partial charge in [0, 0.05) is 17.1 Å². The molecule has 0 aromatic heterocycles. The van der Waals surface area contributed by atoms with Crippen LogP contribution in [0, 0.1) is 13.8 Å². The average molecular weight is 564 g/mol. The second kappa shape index (κ2) is 11.3. The summed E-state index contributed by atoms with van der Waals surface area (Å²) in [5.41, 5.74) is 2.26. The van der Waals surface area contributed by atoms with Gasteiger partial charge in [-0.2, -0.15) is 0 Å². The van der Waals surface area contributed by atoms with E-state index in [1.807, 2.05) is 11.6 Å². The van der Waals surface area contributed by atoms with Crippen molar-refractivity contribution in [2.24, 2.45) is 0 Å². The largest absolute Gasteiger partial charge is 0.350 e. The molecule has 3 aromatic rings. The lowest BCUT2D eigenvalue weighted by Crippen LogP contribution is -2.41. The minimum Gasteiger partial charge on any atom is -0.350 e. The van der Waals surface area contributed by atoms with Crippen molar-refractivity contribution in [2.75, 3.05) is 17.1 Å². The first-order valence-electron chi connectivity index (χ1n) is 11.0. The highest BCUT2D eigenvalue weighted by molar-refractivity contribution is 7.92. The van der Waals surface area contributed by atoms with Gasteiger partial charge in [-0.15, -0.1) is 0 Å². The quantitative estimate of drug-likeness (QED) is 0.411. The summed E-state index contributed by atoms with van der Waals surface area (Å²) in [5.74, 6) is -1.40. The summed E-state index contributed by atoms with van der Waals surface area (Å²) in [6, 6.07) is 17.1. The number of anilines is 1. The molecule has 0 bridgehead atoms. The topological polar surface area (TPSA) is 130 Å². The van der Waals surface area contributed by atoms with Crippen LogP contribution < -0.4 is 14.3 Å². The predicted molar refractivity (Wildman–Crippen MR) is 142 cm³/mol. The van der Waals surface area contributed by atoms with Gasteiger partial charge >= 0.3 is 0 Å². The molecular formula is C25H26ClN3O6S2. The van der Waals surface area contributed by atoms with Gasteiger partial charge in [0.1, 0.15) is 6.54 Å². The fourth-order valence-corrected chi connectivity index (χ4v) is 5.54. The normalized spacial score (nSPS) is 11.6. The Labute approximate surface area is 221 Å². The van der Waals surface area contributed by atoms with E-state index in [-0.39, 0.29) is 22.7 Å². The number of amides is 2. The van der Waals surface area contributed by atoms with Gasteiger partial charge in [0.2, 0.25) is 15.9 Å². The Balaban J connectivity index is 1.84. The number of halogens is 1. The summed E-state index contributed by atoms with van der Waals surface area (Å²) in [7, 11) is -7.86. The van der Waals surface area contributed by atoms with Gasteiger partial charge in [-0.05, 0) is 61.4 Å². The summed E-state index contributed by atoms with van der Waals surface area (Å²) in [6.45, 7) is 2.96. The molecule has 3 rings (SSSR count). The lowest BCUT2D eigenvalue weighted by Gasteiger charge is -2.26. The summed E-state index contributed by atoms with van der Waals surface area (Å²) < 4.78 is 52.7. The molecule has 0 saturated carbocycles. The summed E-state index contributed by atoms with van der Waals surface area (Å²) in [4.78, 5) is 25.1. The van der Waals surface area contributed by atoms with Crippen LogP contribution in [0.3, 0.4) is 0 Å². The second-order valence-corrected chi connectivity index (χ2v) is 12.4. The number of aryl methyl sites for hydroxylation is 1. The zero-order valence-corrected chi connectivity index (χ0v) is 22.7. The van der Waals surface area contributed by atoms with Crippen LogP contribution in [-0.2, 0) is 31.4 Å². The van der Waals surface area contributed by atoms with Crippen LogP contribution in [0.1, 0.15) is 27.0 Å². The molecule has 12 heteroatoms. The van der Waals surface area contributed by atoms with Gasteiger partial charge < -0.3 is 5.32 Å². The van der Waals surface area contributed by atoms with Crippen LogP contribution in [-0.4, -0.2) is 41.5 Å². The van der Waals surface area contributed by atoms with Gasteiger partial charge in [0.15, 0.2) is 0 Å². The maximum absolute atomic E-state index is 13.6. The molecule has 0 heterocycles. The maximum atomic E-state index is 13.6. The summed E-state index contributed by atoms with van der Waals surface area (Å²) in [6.07, 6.45) is 0.868. The number of nitrogens with one attached hydrogen (secondary N) is 2. The Morgan fingerprint density at radius 2 is 1.57 bits per heavy atom. The van der Waals surface area contributed by atoms with Crippen LogP contribution in [0.15, 0.2) is 71.6 Å². The Kier molecular flexibility index (Phi) is 8.62. The van der Waals surface area contributed by atoms with Crippen molar-refractivity contribution in [2.45, 2.75) is 25.3 Å². The van der Waals surface area contributed by atoms with Crippen molar-refractivity contribution in [1.29, 1.82) is 0 Å². The van der Waals surface area contributed by atoms with Crippen molar-refractivity contribution in [1.82, 2.24) is 10.0 Å². The molecule has 0 unspecified atom stereocenters. The third-order valence-electron chi connectivity index (χ3n) is 5.36. The molecule has 0 aliphatic rings. The highest BCUT2D eigenvalue weighted by Gasteiger charge is 2.28. The second-order valence-electron chi connectivity index (χ2n) is 8.39. The highest BCUT2D eigenvalue weighted by Crippen LogP contribution is 2.30. The number of sulfonamides is 2. The van der Waals surface area contributed by atoms with Crippen LogP contribution in [0.2, 0.25) is 5.02 Å². The van der Waals surface area contributed by atoms with Gasteiger partial charge in [-0.25, -0.2) is 21.6 Å². The van der Waals surface area contributed by atoms with E-state index in [0.29, 0.717) is 16.1 Å². The number of rotatable bonds is 9. The number of hydrogen-bond donors (Lipinski definition) is 2. The molecule has 2 amide bonds. The zero-order valence-electron chi connectivity index (χ0n) is 20.4. The summed E-state index contributed by atoms with van der Waals surface area (Å²) >= 11 is 6.24. The minimum atomic E-state index is -4.12. The standard InChI is InChI=1S/C25H26ClN3O6S2/c1-17-10-12-21(13-11-17)37(34,35)29(23-9-5-8-22(26)18(23)2)16-24(30)27-15-19-6-4-7-20(14-19)25(31)28-36(3,32)33/h4-14H,15-16H2,1-3H3,(H,27,30)(H,28,31). The molecule has 196 valence electrons. The first kappa shape index (κ1) is 28.2. The van der Waals surface area contributed by atoms with Crippen LogP contribution in [0.4, 0.5) is 5.69 Å². The fourth-order valence-electron chi connectivity index (χ4n) is 3.44. The van der Waals surface area contributed by atoms with E-state index in [4.69, 9.17) is 11.6 Å². The lowest BCUT2D eigenvalue weighted by atomic mass is 10.1. The fraction of sp³-hybridized carbons (Fsp3) is 0.200. The van der Waals surface area contributed by atoms with Crippen LogP contribution in [0.25, 0.3) is 0 Å². The Morgan fingerprint density at radius 3 is 2.22 bits per heavy atom. The van der Waals surface area contributed by atoms with E-state index in [1.165, 1.54) is 24.3 Å². The minimum absolute atomic E-state index is 0.0220. The Bertz CT molecular complexity index is 1540. The van der Waals surface area contributed by atoms with Crippen molar-refractivity contribution < 1.29 is 26.4 Å². The Morgan fingerprint density at radius 1 is 0.919 bits per heavy atom. The molecule has 0 saturated heterocycles. The molecule has 0 aliphatic heterocycles. The van der Waals surface area contributed by atoms with E-state index in [1.54, 1.807) is 49.4 Å². The summed E-state index contributed by atoms with van der Waals surface area (Å²) in [5, 5.41) is 3.01. The van der Waals surface area contributed by atoms with E-state index in [2.05, 4.69) is 5.32 Å². The molecule has 0 radical (unpaired) electrons. The third kappa shape index (κ3) is 7.31. The average Bonchev–Trinajstić information content (AvgIpc) is 2.82. The molecular weight excluding hydrogens is 538 g/mol. The van der Waals surface area contributed by atoms with Crippen molar-refractivity contribution in [3.63, 3.8) is 0 Å². The molecule has 3 aromatic carbocycles. The molecule has 0 fully saturated rings. The lowest BCUT2D eigenvalue weighted by molar-refractivity contribution is -0.119. The predicted octanol–water partition coefficient (Wildman–Crippen LogP) is 3.16. The zero-order chi connectivity index (χ0) is 27.4. The van der Waals surface area contributed by atoms with Crippen LogP contribution in [0.5, 0.6) is 0 Å². The first-order chi connectivity index (χ1) is 17.3. The van der Waals surface area contributed by atoms with Crippen molar-refractivity contribution >= 4 is 49.1 Å². The smallest absolute Gasteiger partial charge is 0.264 e. The number of carbonyl (C=O) groups is 2. The van der Waals surface area contributed by atoms with Gasteiger partial charge in [-0.1, -0.05) is 47.5 Å². The van der Waals surface area contributed by atoms with E-state index in [9.17, 15) is 26.4 Å². The first-order valence-corrected chi connectivity index (χ1v) is 14.7. The van der Waals surface area contributed by atoms with E-state index < -0.39 is 38.4 Å². The highest BCUT2D eigenvalue weighted by atomic mass is 35.5. The van der Waals surface area contributed by atoms with Gasteiger partial charge in [0.25, 0.3) is 15.9 Å². The third-order valence-corrected chi connectivity index (χ3v) is 8.10.